The highest BCUT2D eigenvalue weighted by atomic mass is 79.9. The van der Waals surface area contributed by atoms with Gasteiger partial charge in [-0.1, -0.05) is 56.1 Å². The van der Waals surface area contributed by atoms with Crippen molar-refractivity contribution in [1.82, 2.24) is 0 Å². The molecule has 2 aliphatic carbocycles. The topological polar surface area (TPSA) is 0 Å². The van der Waals surface area contributed by atoms with E-state index < -0.39 is 0 Å². The van der Waals surface area contributed by atoms with Crippen molar-refractivity contribution in [3.8, 4) is 0 Å². The highest BCUT2D eigenvalue weighted by molar-refractivity contribution is 9.11. The quantitative estimate of drug-likeness (QED) is 0.279. The largest absolute Gasteiger partial charge is 0.0534 e. The first-order chi connectivity index (χ1) is 11.7. The van der Waals surface area contributed by atoms with Gasteiger partial charge in [0.2, 0.25) is 0 Å². The Hall–Kier alpha value is -1.12. The van der Waals surface area contributed by atoms with Crippen molar-refractivity contribution in [2.45, 2.75) is 37.5 Å². The lowest BCUT2D eigenvalue weighted by Crippen LogP contribution is -1.93. The highest BCUT2D eigenvalue weighted by Gasteiger charge is 2.29. The van der Waals surface area contributed by atoms with Crippen LogP contribution >= 0.6 is 31.9 Å². The van der Waals surface area contributed by atoms with Crippen molar-refractivity contribution >= 4 is 64.2 Å². The summed E-state index contributed by atoms with van der Waals surface area (Å²) in [6.07, 6.45) is 5.36. The molecule has 2 saturated carbocycles. The zero-order chi connectivity index (χ0) is 16.0. The Kier molecular flexibility index (Phi) is 2.78. The Balaban J connectivity index is 1.88. The Labute approximate surface area is 157 Å². The summed E-state index contributed by atoms with van der Waals surface area (Å²) in [6, 6.07) is 14.1. The molecule has 24 heavy (non-hydrogen) atoms. The predicted octanol–water partition coefficient (Wildman–Crippen LogP) is 7.86. The summed E-state index contributed by atoms with van der Waals surface area (Å²) in [7, 11) is 0. The van der Waals surface area contributed by atoms with Crippen LogP contribution in [0.3, 0.4) is 0 Å². The fourth-order valence-corrected chi connectivity index (χ4v) is 5.58. The van der Waals surface area contributed by atoms with Crippen LogP contribution in [0.4, 0.5) is 0 Å². The Morgan fingerprint density at radius 1 is 0.583 bits per heavy atom. The van der Waals surface area contributed by atoms with Gasteiger partial charge in [-0.3, -0.25) is 0 Å². The molecule has 0 spiro atoms. The third-order valence-corrected chi connectivity index (χ3v) is 7.21. The van der Waals surface area contributed by atoms with Crippen molar-refractivity contribution in [3.63, 3.8) is 0 Å². The van der Waals surface area contributed by atoms with E-state index in [1.54, 1.807) is 0 Å². The van der Waals surface area contributed by atoms with Crippen LogP contribution in [-0.4, -0.2) is 0 Å². The van der Waals surface area contributed by atoms with Gasteiger partial charge in [0.15, 0.2) is 0 Å². The molecule has 0 radical (unpaired) electrons. The van der Waals surface area contributed by atoms with Crippen molar-refractivity contribution in [1.29, 1.82) is 0 Å². The number of hydrogen-bond donors (Lipinski definition) is 0. The van der Waals surface area contributed by atoms with Gasteiger partial charge in [0.05, 0.1) is 0 Å². The standard InChI is InChI=1S/C22H16Br2/c23-19-9-17(11-1-2-11)13-5-7-16-20(24)10-18(12-3-4-12)14-6-8-15(19)21(13)22(14)16/h5-12H,1-4H2. The van der Waals surface area contributed by atoms with Gasteiger partial charge < -0.3 is 0 Å². The minimum Gasteiger partial charge on any atom is -0.0534 e. The molecule has 0 aromatic heterocycles. The molecule has 0 N–H and O–H groups in total. The first kappa shape index (κ1) is 14.1. The molecule has 0 atom stereocenters. The van der Waals surface area contributed by atoms with Crippen LogP contribution in [0.5, 0.6) is 0 Å². The van der Waals surface area contributed by atoms with E-state index in [1.807, 2.05) is 0 Å². The molecule has 0 saturated heterocycles. The van der Waals surface area contributed by atoms with Gasteiger partial charge >= 0.3 is 0 Å². The van der Waals surface area contributed by atoms with Crippen LogP contribution < -0.4 is 0 Å². The third kappa shape index (κ3) is 1.84. The Morgan fingerprint density at radius 3 is 1.33 bits per heavy atom. The number of benzene rings is 4. The summed E-state index contributed by atoms with van der Waals surface area (Å²) in [5, 5.41) is 8.57. The van der Waals surface area contributed by atoms with Crippen LogP contribution in [-0.2, 0) is 0 Å². The average molecular weight is 440 g/mol. The maximum Gasteiger partial charge on any atom is 0.0257 e. The molecule has 0 aliphatic heterocycles. The maximum atomic E-state index is 3.85. The van der Waals surface area contributed by atoms with Crippen LogP contribution in [0.15, 0.2) is 45.3 Å². The predicted molar refractivity (Wildman–Crippen MR) is 109 cm³/mol. The molecule has 118 valence electrons. The second-order valence-electron chi connectivity index (χ2n) is 7.52. The Bertz CT molecular complexity index is 1040. The molecule has 4 aromatic rings. The molecule has 0 nitrogen and oxygen atoms in total. The van der Waals surface area contributed by atoms with Gasteiger partial charge in [0.25, 0.3) is 0 Å². The van der Waals surface area contributed by atoms with Crippen molar-refractivity contribution in [2.24, 2.45) is 0 Å². The van der Waals surface area contributed by atoms with Gasteiger partial charge in [0.1, 0.15) is 0 Å². The van der Waals surface area contributed by atoms with E-state index in [9.17, 15) is 0 Å². The van der Waals surface area contributed by atoms with Crippen LogP contribution in [0.2, 0.25) is 0 Å². The highest BCUT2D eigenvalue weighted by Crippen LogP contribution is 2.51. The van der Waals surface area contributed by atoms with Gasteiger partial charge in [-0.15, -0.1) is 0 Å². The molecule has 2 fully saturated rings. The summed E-state index contributed by atoms with van der Waals surface area (Å²) in [5.74, 6) is 1.52. The smallest absolute Gasteiger partial charge is 0.0257 e. The lowest BCUT2D eigenvalue weighted by molar-refractivity contribution is 1.15. The zero-order valence-electron chi connectivity index (χ0n) is 13.2. The third-order valence-electron chi connectivity index (χ3n) is 5.90. The second-order valence-corrected chi connectivity index (χ2v) is 9.22. The van der Waals surface area contributed by atoms with Crippen LogP contribution in [0.1, 0.15) is 48.6 Å². The fourth-order valence-electron chi connectivity index (χ4n) is 4.42. The fraction of sp³-hybridized carbons (Fsp3) is 0.273. The monoisotopic (exact) mass is 438 g/mol. The summed E-state index contributed by atoms with van der Waals surface area (Å²) >= 11 is 7.71. The molecule has 0 heterocycles. The van der Waals surface area contributed by atoms with E-state index in [1.165, 1.54) is 78.1 Å². The molecule has 2 aliphatic rings. The maximum absolute atomic E-state index is 3.85. The summed E-state index contributed by atoms with van der Waals surface area (Å²) in [4.78, 5) is 0. The molecule has 0 unspecified atom stereocenters. The van der Waals surface area contributed by atoms with E-state index >= 15 is 0 Å². The molecule has 0 amide bonds. The Morgan fingerprint density at radius 2 is 0.958 bits per heavy atom. The second kappa shape index (κ2) is 4.74. The van der Waals surface area contributed by atoms with Crippen molar-refractivity contribution in [2.75, 3.05) is 0 Å². The first-order valence-corrected chi connectivity index (χ1v) is 10.4. The number of rotatable bonds is 2. The van der Waals surface area contributed by atoms with Crippen molar-refractivity contribution < 1.29 is 0 Å². The first-order valence-electron chi connectivity index (χ1n) is 8.81. The van der Waals surface area contributed by atoms with Gasteiger partial charge in [-0.2, -0.15) is 0 Å². The zero-order valence-corrected chi connectivity index (χ0v) is 16.4. The summed E-state index contributed by atoms with van der Waals surface area (Å²) in [5.41, 5.74) is 3.08. The molecule has 2 heteroatoms. The van der Waals surface area contributed by atoms with E-state index in [0.29, 0.717) is 0 Å². The minimum absolute atomic E-state index is 0.761. The lowest BCUT2D eigenvalue weighted by Gasteiger charge is -2.18. The average Bonchev–Trinajstić information content (AvgIpc) is 3.47. The molecule has 4 aromatic carbocycles. The van der Waals surface area contributed by atoms with Gasteiger partial charge in [-0.25, -0.2) is 0 Å². The van der Waals surface area contributed by atoms with Crippen molar-refractivity contribution in [3.05, 3.63) is 56.5 Å². The number of hydrogen-bond acceptors (Lipinski definition) is 0. The van der Waals surface area contributed by atoms with E-state index in [4.69, 9.17) is 0 Å². The van der Waals surface area contributed by atoms with Gasteiger partial charge in [-0.05, 0) is 93.1 Å². The minimum atomic E-state index is 0.761. The van der Waals surface area contributed by atoms with Crippen LogP contribution in [0.25, 0.3) is 32.3 Å². The SMILES string of the molecule is Brc1cc(C2CC2)c2ccc3c(Br)cc(C4CC4)c4ccc1c2c34. The molecular formula is C22H16Br2. The number of halogens is 2. The van der Waals surface area contributed by atoms with Gasteiger partial charge in [0, 0.05) is 8.95 Å². The molecular weight excluding hydrogens is 424 g/mol. The summed E-state index contributed by atoms with van der Waals surface area (Å²) < 4.78 is 2.50. The van der Waals surface area contributed by atoms with E-state index in [2.05, 4.69) is 68.3 Å². The molecule has 0 bridgehead atoms. The van der Waals surface area contributed by atoms with E-state index in [0.717, 1.165) is 11.8 Å². The normalized spacial score (nSPS) is 18.2. The molecule has 6 rings (SSSR count). The summed E-state index contributed by atoms with van der Waals surface area (Å²) in [6.45, 7) is 0. The lowest BCUT2D eigenvalue weighted by atomic mass is 9.88. The van der Waals surface area contributed by atoms with E-state index in [-0.39, 0.29) is 0 Å². The van der Waals surface area contributed by atoms with Crippen LogP contribution in [0, 0.1) is 0 Å².